The van der Waals surface area contributed by atoms with E-state index < -0.39 is 0 Å². The first-order valence-corrected chi connectivity index (χ1v) is 3.02. The van der Waals surface area contributed by atoms with Gasteiger partial charge < -0.3 is 0 Å². The highest BCUT2D eigenvalue weighted by atomic mass is 32.1. The van der Waals surface area contributed by atoms with Crippen LogP contribution in [0.25, 0.3) is 0 Å². The van der Waals surface area contributed by atoms with Gasteiger partial charge in [0.15, 0.2) is 0 Å². The van der Waals surface area contributed by atoms with E-state index in [4.69, 9.17) is 0 Å². The molecule has 0 nitrogen and oxygen atoms in total. The Morgan fingerprint density at radius 2 is 2.00 bits per heavy atom. The van der Waals surface area contributed by atoms with E-state index in [0.717, 1.165) is 0 Å². The van der Waals surface area contributed by atoms with Crippen molar-refractivity contribution in [2.75, 3.05) is 0 Å². The van der Waals surface area contributed by atoms with Gasteiger partial charge in [-0.3, -0.25) is 0 Å². The predicted octanol–water partition coefficient (Wildman–Crippen LogP) is 2.87. The van der Waals surface area contributed by atoms with Gasteiger partial charge in [-0.15, -0.1) is 6.58 Å². The summed E-state index contributed by atoms with van der Waals surface area (Å²) in [6.45, 7) is 5.84. The van der Waals surface area contributed by atoms with Crippen LogP contribution in [0.3, 0.4) is 0 Å². The highest BCUT2D eigenvalue weighted by molar-refractivity contribution is 7.59. The molecule has 0 aliphatic rings. The van der Waals surface area contributed by atoms with Gasteiger partial charge in [-0.05, 0) is 12.8 Å². The van der Waals surface area contributed by atoms with Gasteiger partial charge in [0.05, 0.1) is 0 Å². The fourth-order valence-electron chi connectivity index (χ4n) is 0.539. The van der Waals surface area contributed by atoms with Crippen molar-refractivity contribution in [1.82, 2.24) is 0 Å². The van der Waals surface area contributed by atoms with E-state index in [9.17, 15) is 0 Å². The molecule has 50 valence electrons. The first kappa shape index (κ1) is 11.0. The largest absolute Gasteiger partial charge is 0.197 e. The standard InChI is InChI=1S/C7H14.H2S/c1-3-5-7-6-4-2;/h3H,1,4-7H2,2H3;1H2. The first-order valence-electron chi connectivity index (χ1n) is 3.02. The number of hydrogen-bond acceptors (Lipinski definition) is 0. The van der Waals surface area contributed by atoms with Gasteiger partial charge in [-0.2, -0.15) is 13.5 Å². The molecule has 0 aliphatic carbocycles. The van der Waals surface area contributed by atoms with Crippen molar-refractivity contribution >= 4 is 13.5 Å². The Morgan fingerprint density at radius 3 is 2.38 bits per heavy atom. The molecule has 0 spiro atoms. The van der Waals surface area contributed by atoms with Crippen molar-refractivity contribution in [3.8, 4) is 0 Å². The van der Waals surface area contributed by atoms with E-state index in [1.165, 1.54) is 25.7 Å². The lowest BCUT2D eigenvalue weighted by atomic mass is 10.2. The Hall–Kier alpha value is 0.0900. The third-order valence-corrected chi connectivity index (χ3v) is 1.01. The number of unbranched alkanes of at least 4 members (excludes halogenated alkanes) is 3. The van der Waals surface area contributed by atoms with Crippen molar-refractivity contribution in [2.24, 2.45) is 0 Å². The van der Waals surface area contributed by atoms with Crippen LogP contribution in [0.5, 0.6) is 0 Å². The third kappa shape index (κ3) is 9.43. The lowest BCUT2D eigenvalue weighted by Gasteiger charge is -1.87. The zero-order valence-electron chi connectivity index (χ0n) is 5.61. The molecule has 0 rings (SSSR count). The minimum absolute atomic E-state index is 0. The van der Waals surface area contributed by atoms with Gasteiger partial charge in [0, 0.05) is 0 Å². The normalized spacial score (nSPS) is 7.62. The lowest BCUT2D eigenvalue weighted by Crippen LogP contribution is -1.67. The Bertz CT molecular complexity index is 41.7. The Labute approximate surface area is 59.4 Å². The second-order valence-corrected chi connectivity index (χ2v) is 1.78. The van der Waals surface area contributed by atoms with Crippen molar-refractivity contribution in [3.05, 3.63) is 12.7 Å². The van der Waals surface area contributed by atoms with E-state index in [-0.39, 0.29) is 13.5 Å². The molecule has 0 aliphatic heterocycles. The second kappa shape index (κ2) is 10.1. The third-order valence-electron chi connectivity index (χ3n) is 1.01. The van der Waals surface area contributed by atoms with Gasteiger partial charge >= 0.3 is 0 Å². The maximum atomic E-state index is 3.63. The van der Waals surface area contributed by atoms with Crippen molar-refractivity contribution in [1.29, 1.82) is 0 Å². The monoisotopic (exact) mass is 132 g/mol. The topological polar surface area (TPSA) is 0 Å². The van der Waals surface area contributed by atoms with Gasteiger partial charge in [0.1, 0.15) is 0 Å². The molecule has 0 atom stereocenters. The minimum Gasteiger partial charge on any atom is -0.197 e. The van der Waals surface area contributed by atoms with E-state index >= 15 is 0 Å². The summed E-state index contributed by atoms with van der Waals surface area (Å²) in [4.78, 5) is 0. The molecule has 0 unspecified atom stereocenters. The van der Waals surface area contributed by atoms with Crippen molar-refractivity contribution in [3.63, 3.8) is 0 Å². The lowest BCUT2D eigenvalue weighted by molar-refractivity contribution is 0.730. The molecule has 0 fully saturated rings. The average Bonchev–Trinajstić information content (AvgIpc) is 1.69. The quantitative estimate of drug-likeness (QED) is 0.407. The van der Waals surface area contributed by atoms with Gasteiger partial charge in [-0.25, -0.2) is 0 Å². The van der Waals surface area contributed by atoms with Crippen LogP contribution in [0.1, 0.15) is 32.6 Å². The summed E-state index contributed by atoms with van der Waals surface area (Å²) in [5.74, 6) is 0. The molecule has 8 heavy (non-hydrogen) atoms. The smallest absolute Gasteiger partial charge is 0.0353 e. The Kier molecular flexibility index (Phi) is 13.9. The van der Waals surface area contributed by atoms with Crippen LogP contribution in [0.15, 0.2) is 12.7 Å². The van der Waals surface area contributed by atoms with Crippen LogP contribution in [0.4, 0.5) is 0 Å². The van der Waals surface area contributed by atoms with Crippen molar-refractivity contribution < 1.29 is 0 Å². The summed E-state index contributed by atoms with van der Waals surface area (Å²) in [5, 5.41) is 0. The molecule has 0 amide bonds. The van der Waals surface area contributed by atoms with E-state index in [1.807, 2.05) is 6.08 Å². The van der Waals surface area contributed by atoms with Crippen LogP contribution >= 0.6 is 13.5 Å². The Balaban J connectivity index is 0. The number of allylic oxidation sites excluding steroid dienone is 1. The molecule has 0 aromatic heterocycles. The molecule has 0 radical (unpaired) electrons. The van der Waals surface area contributed by atoms with Crippen LogP contribution in [-0.4, -0.2) is 0 Å². The molecule has 0 aromatic carbocycles. The highest BCUT2D eigenvalue weighted by Crippen LogP contribution is 1.97. The number of hydrogen-bond donors (Lipinski definition) is 0. The molecular weight excluding hydrogens is 116 g/mol. The summed E-state index contributed by atoms with van der Waals surface area (Å²) in [6, 6.07) is 0. The Morgan fingerprint density at radius 1 is 1.38 bits per heavy atom. The summed E-state index contributed by atoms with van der Waals surface area (Å²) in [6.07, 6.45) is 7.16. The second-order valence-electron chi connectivity index (χ2n) is 1.78. The molecule has 1 heteroatoms. The highest BCUT2D eigenvalue weighted by Gasteiger charge is 1.77. The molecule has 0 saturated heterocycles. The minimum atomic E-state index is 0. The van der Waals surface area contributed by atoms with Gasteiger partial charge in [0.2, 0.25) is 0 Å². The maximum Gasteiger partial charge on any atom is -0.0353 e. The SMILES string of the molecule is C=CCCCCC.S. The van der Waals surface area contributed by atoms with E-state index in [2.05, 4.69) is 13.5 Å². The molecule has 0 N–H and O–H groups in total. The van der Waals surface area contributed by atoms with E-state index in [0.29, 0.717) is 0 Å². The van der Waals surface area contributed by atoms with Crippen LogP contribution in [0.2, 0.25) is 0 Å². The first-order chi connectivity index (χ1) is 3.41. The zero-order valence-corrected chi connectivity index (χ0v) is 6.61. The van der Waals surface area contributed by atoms with Gasteiger partial charge in [0.25, 0.3) is 0 Å². The zero-order chi connectivity index (χ0) is 5.54. The fraction of sp³-hybridized carbons (Fsp3) is 0.714. The summed E-state index contributed by atoms with van der Waals surface area (Å²) >= 11 is 0. The maximum absolute atomic E-state index is 3.63. The molecule has 0 bridgehead atoms. The summed E-state index contributed by atoms with van der Waals surface area (Å²) in [5.41, 5.74) is 0. The van der Waals surface area contributed by atoms with Gasteiger partial charge in [-0.1, -0.05) is 25.8 Å². The average molecular weight is 132 g/mol. The van der Waals surface area contributed by atoms with Crippen LogP contribution < -0.4 is 0 Å². The van der Waals surface area contributed by atoms with Crippen molar-refractivity contribution in [2.45, 2.75) is 32.6 Å². The summed E-state index contributed by atoms with van der Waals surface area (Å²) < 4.78 is 0. The molecule has 0 heterocycles. The van der Waals surface area contributed by atoms with E-state index in [1.54, 1.807) is 0 Å². The number of rotatable bonds is 4. The fourth-order valence-corrected chi connectivity index (χ4v) is 0.539. The summed E-state index contributed by atoms with van der Waals surface area (Å²) in [7, 11) is 0. The van der Waals surface area contributed by atoms with Crippen LogP contribution in [-0.2, 0) is 0 Å². The molecular formula is C7H16S. The molecule has 0 aromatic rings. The predicted molar refractivity (Wildman–Crippen MR) is 44.7 cm³/mol. The van der Waals surface area contributed by atoms with Crippen LogP contribution in [0, 0.1) is 0 Å². The molecule has 0 saturated carbocycles.